The van der Waals surface area contributed by atoms with Gasteiger partial charge in [0.1, 0.15) is 0 Å². The molecule has 4 nitrogen and oxygen atoms in total. The van der Waals surface area contributed by atoms with Gasteiger partial charge in [-0.3, -0.25) is 0 Å². The molecule has 0 aromatic heterocycles. The molecule has 1 aliphatic heterocycles. The quantitative estimate of drug-likeness (QED) is 0.906. The van der Waals surface area contributed by atoms with Gasteiger partial charge < -0.3 is 15.3 Å². The van der Waals surface area contributed by atoms with Gasteiger partial charge in [0.2, 0.25) is 0 Å². The SMILES string of the molecule is C[C@@H](O)[C@@H]1CCCN(C(=O)NCCc2ccc3ccccc3c2)C1. The van der Waals surface area contributed by atoms with Gasteiger partial charge >= 0.3 is 6.03 Å². The summed E-state index contributed by atoms with van der Waals surface area (Å²) in [5.74, 6) is 0.199. The van der Waals surface area contributed by atoms with Gasteiger partial charge in [-0.2, -0.15) is 0 Å². The number of hydrogen-bond donors (Lipinski definition) is 2. The lowest BCUT2D eigenvalue weighted by Gasteiger charge is -2.34. The first-order valence-electron chi connectivity index (χ1n) is 8.82. The van der Waals surface area contributed by atoms with Gasteiger partial charge in [0.25, 0.3) is 0 Å². The highest BCUT2D eigenvalue weighted by atomic mass is 16.3. The van der Waals surface area contributed by atoms with Gasteiger partial charge in [-0.25, -0.2) is 4.79 Å². The minimum absolute atomic E-state index is 0.0128. The zero-order chi connectivity index (χ0) is 16.9. The molecule has 0 saturated carbocycles. The summed E-state index contributed by atoms with van der Waals surface area (Å²) >= 11 is 0. The first-order valence-corrected chi connectivity index (χ1v) is 8.82. The number of amides is 2. The minimum atomic E-state index is -0.349. The number of piperidine rings is 1. The van der Waals surface area contributed by atoms with Gasteiger partial charge in [-0.05, 0) is 42.5 Å². The molecule has 2 amide bonds. The predicted molar refractivity (Wildman–Crippen MR) is 97.0 cm³/mol. The Labute approximate surface area is 143 Å². The molecule has 1 heterocycles. The fraction of sp³-hybridized carbons (Fsp3) is 0.450. The maximum Gasteiger partial charge on any atom is 0.317 e. The molecule has 24 heavy (non-hydrogen) atoms. The highest BCUT2D eigenvalue weighted by molar-refractivity contribution is 5.83. The van der Waals surface area contributed by atoms with Crippen LogP contribution in [0.15, 0.2) is 42.5 Å². The molecule has 2 aromatic rings. The third-order valence-corrected chi connectivity index (χ3v) is 4.93. The third-order valence-electron chi connectivity index (χ3n) is 4.93. The molecule has 1 fully saturated rings. The molecule has 4 heteroatoms. The van der Waals surface area contributed by atoms with Gasteiger partial charge in [0, 0.05) is 25.6 Å². The summed E-state index contributed by atoms with van der Waals surface area (Å²) in [7, 11) is 0. The standard InChI is InChI=1S/C20H26N2O2/c1-15(23)19-7-4-12-22(14-19)20(24)21-11-10-16-8-9-17-5-2-3-6-18(17)13-16/h2-3,5-6,8-9,13,15,19,23H,4,7,10-12,14H2,1H3,(H,21,24)/t15-,19-/m1/s1. The molecule has 0 aliphatic carbocycles. The molecule has 1 saturated heterocycles. The van der Waals surface area contributed by atoms with E-state index in [0.717, 1.165) is 25.8 Å². The second-order valence-electron chi connectivity index (χ2n) is 6.75. The number of carbonyl (C=O) groups is 1. The molecule has 1 aliphatic rings. The van der Waals surface area contributed by atoms with E-state index >= 15 is 0 Å². The van der Waals surface area contributed by atoms with E-state index in [0.29, 0.717) is 13.1 Å². The van der Waals surface area contributed by atoms with Gasteiger partial charge in [-0.15, -0.1) is 0 Å². The van der Waals surface area contributed by atoms with Crippen LogP contribution in [0.2, 0.25) is 0 Å². The van der Waals surface area contributed by atoms with E-state index in [2.05, 4.69) is 35.6 Å². The number of hydrogen-bond acceptors (Lipinski definition) is 2. The maximum absolute atomic E-state index is 12.3. The molecule has 2 N–H and O–H groups in total. The van der Waals surface area contributed by atoms with E-state index < -0.39 is 0 Å². The fourth-order valence-electron chi connectivity index (χ4n) is 3.41. The first-order chi connectivity index (χ1) is 11.6. The van der Waals surface area contributed by atoms with Gasteiger partial charge in [0.15, 0.2) is 0 Å². The number of likely N-dealkylation sites (tertiary alicyclic amines) is 1. The normalized spacial score (nSPS) is 19.2. The number of rotatable bonds is 4. The van der Waals surface area contributed by atoms with Gasteiger partial charge in [-0.1, -0.05) is 42.5 Å². The number of nitrogens with one attached hydrogen (secondary N) is 1. The smallest absolute Gasteiger partial charge is 0.317 e. The van der Waals surface area contributed by atoms with Crippen molar-refractivity contribution >= 4 is 16.8 Å². The number of urea groups is 1. The number of aliphatic hydroxyl groups is 1. The molecule has 128 valence electrons. The van der Waals surface area contributed by atoms with Gasteiger partial charge in [0.05, 0.1) is 6.10 Å². The first kappa shape index (κ1) is 16.8. The second-order valence-corrected chi connectivity index (χ2v) is 6.75. The maximum atomic E-state index is 12.3. The van der Waals surface area contributed by atoms with Crippen molar-refractivity contribution in [1.29, 1.82) is 0 Å². The number of benzene rings is 2. The lowest BCUT2D eigenvalue weighted by molar-refractivity contribution is 0.0740. The van der Waals surface area contributed by atoms with Crippen LogP contribution in [0.25, 0.3) is 10.8 Å². The second kappa shape index (κ2) is 7.67. The molecular weight excluding hydrogens is 300 g/mol. The average molecular weight is 326 g/mol. The minimum Gasteiger partial charge on any atom is -0.393 e. The van der Waals surface area contributed by atoms with Crippen molar-refractivity contribution in [3.05, 3.63) is 48.0 Å². The largest absolute Gasteiger partial charge is 0.393 e. The van der Waals surface area contributed by atoms with E-state index in [4.69, 9.17) is 0 Å². The lowest BCUT2D eigenvalue weighted by Crippen LogP contribution is -2.47. The van der Waals surface area contributed by atoms with Crippen molar-refractivity contribution in [3.63, 3.8) is 0 Å². The van der Waals surface area contributed by atoms with Crippen LogP contribution < -0.4 is 5.32 Å². The summed E-state index contributed by atoms with van der Waals surface area (Å²) in [6.45, 7) is 3.88. The number of aliphatic hydroxyl groups excluding tert-OH is 1. The van der Waals surface area contributed by atoms with Crippen molar-refractivity contribution in [2.45, 2.75) is 32.3 Å². The van der Waals surface area contributed by atoms with Crippen LogP contribution in [0.4, 0.5) is 4.79 Å². The molecule has 0 spiro atoms. The van der Waals surface area contributed by atoms with E-state index in [1.54, 1.807) is 0 Å². The Bertz CT molecular complexity index is 699. The van der Waals surface area contributed by atoms with Crippen molar-refractivity contribution in [2.75, 3.05) is 19.6 Å². The van der Waals surface area contributed by atoms with Crippen molar-refractivity contribution in [3.8, 4) is 0 Å². The molecule has 2 atom stereocenters. The van der Waals surface area contributed by atoms with Crippen LogP contribution in [-0.2, 0) is 6.42 Å². The number of carbonyl (C=O) groups excluding carboxylic acids is 1. The Morgan fingerprint density at radius 2 is 2.08 bits per heavy atom. The molecule has 0 radical (unpaired) electrons. The topological polar surface area (TPSA) is 52.6 Å². The number of fused-ring (bicyclic) bond motifs is 1. The zero-order valence-electron chi connectivity index (χ0n) is 14.2. The van der Waals surface area contributed by atoms with Crippen LogP contribution in [0, 0.1) is 5.92 Å². The Morgan fingerprint density at radius 1 is 1.29 bits per heavy atom. The van der Waals surface area contributed by atoms with Crippen LogP contribution in [0.3, 0.4) is 0 Å². The van der Waals surface area contributed by atoms with Crippen LogP contribution in [-0.4, -0.2) is 41.8 Å². The van der Waals surface area contributed by atoms with Crippen molar-refractivity contribution in [1.82, 2.24) is 10.2 Å². The predicted octanol–water partition coefficient (Wildman–Crippen LogP) is 3.18. The van der Waals surface area contributed by atoms with E-state index in [1.807, 2.05) is 24.0 Å². The van der Waals surface area contributed by atoms with E-state index in [9.17, 15) is 9.90 Å². The molecule has 0 unspecified atom stereocenters. The Balaban J connectivity index is 1.50. The molecule has 3 rings (SSSR count). The summed E-state index contributed by atoms with van der Waals surface area (Å²) in [5, 5.41) is 15.2. The Morgan fingerprint density at radius 3 is 2.88 bits per heavy atom. The summed E-state index contributed by atoms with van der Waals surface area (Å²) in [6.07, 6.45) is 2.44. The summed E-state index contributed by atoms with van der Waals surface area (Å²) in [4.78, 5) is 14.1. The highest BCUT2D eigenvalue weighted by Gasteiger charge is 2.26. The zero-order valence-corrected chi connectivity index (χ0v) is 14.2. The third kappa shape index (κ3) is 4.06. The fourth-order valence-corrected chi connectivity index (χ4v) is 3.41. The summed E-state index contributed by atoms with van der Waals surface area (Å²) < 4.78 is 0. The highest BCUT2D eigenvalue weighted by Crippen LogP contribution is 2.19. The van der Waals surface area contributed by atoms with Crippen LogP contribution >= 0.6 is 0 Å². The molecule has 2 aromatic carbocycles. The number of nitrogens with zero attached hydrogens (tertiary/aromatic N) is 1. The Kier molecular flexibility index (Phi) is 5.36. The Hall–Kier alpha value is -2.07. The van der Waals surface area contributed by atoms with E-state index in [1.165, 1.54) is 16.3 Å². The average Bonchev–Trinajstić information content (AvgIpc) is 2.61. The van der Waals surface area contributed by atoms with Crippen molar-refractivity contribution < 1.29 is 9.90 Å². The molecule has 0 bridgehead atoms. The lowest BCUT2D eigenvalue weighted by atomic mass is 9.94. The molecular formula is C20H26N2O2. The van der Waals surface area contributed by atoms with E-state index in [-0.39, 0.29) is 18.1 Å². The van der Waals surface area contributed by atoms with Crippen LogP contribution in [0.5, 0.6) is 0 Å². The summed E-state index contributed by atoms with van der Waals surface area (Å²) in [6, 6.07) is 14.7. The van der Waals surface area contributed by atoms with Crippen molar-refractivity contribution in [2.24, 2.45) is 5.92 Å². The van der Waals surface area contributed by atoms with Crippen LogP contribution in [0.1, 0.15) is 25.3 Å². The monoisotopic (exact) mass is 326 g/mol. The summed E-state index contributed by atoms with van der Waals surface area (Å²) in [5.41, 5.74) is 1.23.